The summed E-state index contributed by atoms with van der Waals surface area (Å²) in [6, 6.07) is 16.7. The molecular formula is C19H19N3O3. The molecule has 0 bridgehead atoms. The van der Waals surface area contributed by atoms with Crippen molar-refractivity contribution in [1.29, 1.82) is 0 Å². The molecule has 25 heavy (non-hydrogen) atoms. The molecule has 0 spiro atoms. The Kier molecular flexibility index (Phi) is 4.21. The minimum Gasteiger partial charge on any atom is -0.508 e. The van der Waals surface area contributed by atoms with E-state index in [-0.39, 0.29) is 11.8 Å². The number of likely N-dealkylation sites (tertiary alicyclic amines) is 1. The molecule has 1 fully saturated rings. The molecule has 2 aromatic carbocycles. The number of phenols is 1. The van der Waals surface area contributed by atoms with E-state index in [9.17, 15) is 10.2 Å². The van der Waals surface area contributed by atoms with Crippen molar-refractivity contribution in [2.24, 2.45) is 0 Å². The van der Waals surface area contributed by atoms with E-state index in [0.29, 0.717) is 31.2 Å². The summed E-state index contributed by atoms with van der Waals surface area (Å²) in [6.45, 7) is 1.01. The van der Waals surface area contributed by atoms with E-state index in [1.54, 1.807) is 12.1 Å². The topological polar surface area (TPSA) is 82.6 Å². The van der Waals surface area contributed by atoms with Crippen LogP contribution in [0.1, 0.15) is 23.9 Å². The Bertz CT molecular complexity index is 850. The zero-order valence-electron chi connectivity index (χ0n) is 13.6. The smallest absolute Gasteiger partial charge is 0.244 e. The van der Waals surface area contributed by atoms with Crippen LogP contribution in [-0.2, 0) is 6.54 Å². The summed E-state index contributed by atoms with van der Waals surface area (Å²) >= 11 is 0. The maximum atomic E-state index is 10.1. The fourth-order valence-electron chi connectivity index (χ4n) is 3.25. The highest BCUT2D eigenvalue weighted by molar-refractivity contribution is 5.53. The number of aliphatic hydroxyl groups excluding tert-OH is 1. The fourth-order valence-corrected chi connectivity index (χ4v) is 3.25. The van der Waals surface area contributed by atoms with Gasteiger partial charge in [-0.25, -0.2) is 0 Å². The van der Waals surface area contributed by atoms with Crippen molar-refractivity contribution >= 4 is 0 Å². The Balaban J connectivity index is 1.58. The van der Waals surface area contributed by atoms with Gasteiger partial charge in [-0.3, -0.25) is 4.90 Å². The monoisotopic (exact) mass is 337 g/mol. The van der Waals surface area contributed by atoms with Crippen LogP contribution in [0.2, 0.25) is 0 Å². The number of hydrogen-bond acceptors (Lipinski definition) is 6. The fraction of sp³-hybridized carbons (Fsp3) is 0.263. The van der Waals surface area contributed by atoms with Gasteiger partial charge in [0.05, 0.1) is 12.1 Å². The molecule has 0 aliphatic carbocycles. The van der Waals surface area contributed by atoms with Crippen LogP contribution in [0.15, 0.2) is 59.1 Å². The molecule has 0 saturated carbocycles. The molecule has 6 nitrogen and oxygen atoms in total. The minimum atomic E-state index is -0.456. The molecule has 4 rings (SSSR count). The highest BCUT2D eigenvalue weighted by atomic mass is 16.5. The van der Waals surface area contributed by atoms with Crippen molar-refractivity contribution in [1.82, 2.24) is 15.0 Å². The normalized spacial score (nSPS) is 20.8. The van der Waals surface area contributed by atoms with Crippen molar-refractivity contribution in [3.8, 4) is 17.1 Å². The number of aromatic hydroxyl groups is 1. The standard InChI is InChI=1S/C19H19N3O3/c23-15-10-16(22(12-15)11-14-8-4-5-9-17(14)24)19-20-18(21-25-19)13-6-2-1-3-7-13/h1-9,15-16,23-24H,10-12H2/t15-,16+/m1/s1. The second-order valence-corrected chi connectivity index (χ2v) is 6.29. The third-order valence-electron chi connectivity index (χ3n) is 4.51. The van der Waals surface area contributed by atoms with Gasteiger partial charge >= 0.3 is 0 Å². The Labute approximate surface area is 145 Å². The van der Waals surface area contributed by atoms with Crippen LogP contribution in [-0.4, -0.2) is 37.9 Å². The van der Waals surface area contributed by atoms with Gasteiger partial charge in [0.25, 0.3) is 0 Å². The first-order valence-electron chi connectivity index (χ1n) is 8.28. The summed E-state index contributed by atoms with van der Waals surface area (Å²) in [5, 5.41) is 24.2. The lowest BCUT2D eigenvalue weighted by Crippen LogP contribution is -2.24. The molecule has 1 saturated heterocycles. The SMILES string of the molecule is Oc1ccccc1CN1C[C@H](O)C[C@H]1c1nc(-c2ccccc2)no1. The number of benzene rings is 2. The second kappa shape index (κ2) is 6.66. The van der Waals surface area contributed by atoms with Crippen LogP contribution in [0.3, 0.4) is 0 Å². The largest absolute Gasteiger partial charge is 0.508 e. The lowest BCUT2D eigenvalue weighted by molar-refractivity contribution is 0.168. The highest BCUT2D eigenvalue weighted by Gasteiger charge is 2.36. The van der Waals surface area contributed by atoms with Crippen molar-refractivity contribution < 1.29 is 14.7 Å². The van der Waals surface area contributed by atoms with Crippen molar-refractivity contribution in [2.45, 2.75) is 25.1 Å². The van der Waals surface area contributed by atoms with Gasteiger partial charge < -0.3 is 14.7 Å². The summed E-state index contributed by atoms with van der Waals surface area (Å²) in [5.41, 5.74) is 1.70. The Morgan fingerprint density at radius 3 is 2.64 bits per heavy atom. The van der Waals surface area contributed by atoms with Crippen LogP contribution in [0.25, 0.3) is 11.4 Å². The highest BCUT2D eigenvalue weighted by Crippen LogP contribution is 2.34. The summed E-state index contributed by atoms with van der Waals surface area (Å²) in [4.78, 5) is 6.58. The molecule has 2 atom stereocenters. The van der Waals surface area contributed by atoms with E-state index in [1.165, 1.54) is 0 Å². The number of para-hydroxylation sites is 1. The summed E-state index contributed by atoms with van der Waals surface area (Å²) in [7, 11) is 0. The van der Waals surface area contributed by atoms with Gasteiger partial charge in [0.2, 0.25) is 11.7 Å². The zero-order valence-corrected chi connectivity index (χ0v) is 13.6. The van der Waals surface area contributed by atoms with Gasteiger partial charge in [-0.05, 0) is 12.5 Å². The van der Waals surface area contributed by atoms with E-state index in [2.05, 4.69) is 15.0 Å². The predicted octanol–water partition coefficient (Wildman–Crippen LogP) is 2.75. The van der Waals surface area contributed by atoms with Crippen molar-refractivity contribution in [2.75, 3.05) is 6.54 Å². The molecule has 1 aromatic heterocycles. The molecule has 0 unspecified atom stereocenters. The van der Waals surface area contributed by atoms with Gasteiger partial charge in [-0.1, -0.05) is 53.7 Å². The predicted molar refractivity (Wildman–Crippen MR) is 91.6 cm³/mol. The van der Waals surface area contributed by atoms with E-state index in [4.69, 9.17) is 4.52 Å². The Hall–Kier alpha value is -2.70. The Morgan fingerprint density at radius 1 is 1.08 bits per heavy atom. The maximum absolute atomic E-state index is 10.1. The lowest BCUT2D eigenvalue weighted by atomic mass is 10.1. The molecule has 1 aliphatic rings. The van der Waals surface area contributed by atoms with Crippen LogP contribution in [0, 0.1) is 0 Å². The first-order valence-corrected chi connectivity index (χ1v) is 8.28. The molecule has 128 valence electrons. The van der Waals surface area contributed by atoms with E-state index >= 15 is 0 Å². The average molecular weight is 337 g/mol. The van der Waals surface area contributed by atoms with Gasteiger partial charge in [0.15, 0.2) is 0 Å². The lowest BCUT2D eigenvalue weighted by Gasteiger charge is -2.21. The van der Waals surface area contributed by atoms with Crippen LogP contribution in [0.5, 0.6) is 5.75 Å². The molecule has 6 heteroatoms. The van der Waals surface area contributed by atoms with Gasteiger partial charge in [0, 0.05) is 24.2 Å². The summed E-state index contributed by atoms with van der Waals surface area (Å²) in [5.74, 6) is 1.28. The van der Waals surface area contributed by atoms with Crippen LogP contribution < -0.4 is 0 Å². The van der Waals surface area contributed by atoms with Crippen LogP contribution >= 0.6 is 0 Å². The zero-order chi connectivity index (χ0) is 17.2. The minimum absolute atomic E-state index is 0.167. The van der Waals surface area contributed by atoms with Gasteiger partial charge in [-0.2, -0.15) is 4.98 Å². The number of rotatable bonds is 4. The van der Waals surface area contributed by atoms with Crippen molar-refractivity contribution in [3.05, 3.63) is 66.1 Å². The molecule has 2 N–H and O–H groups in total. The molecule has 1 aliphatic heterocycles. The first kappa shape index (κ1) is 15.8. The number of nitrogens with zero attached hydrogens (tertiary/aromatic N) is 3. The summed E-state index contributed by atoms with van der Waals surface area (Å²) < 4.78 is 5.47. The van der Waals surface area contributed by atoms with Crippen molar-refractivity contribution in [3.63, 3.8) is 0 Å². The molecule has 0 radical (unpaired) electrons. The number of phenolic OH excluding ortho intramolecular Hbond substituents is 1. The number of aliphatic hydroxyl groups is 1. The Morgan fingerprint density at radius 2 is 1.84 bits per heavy atom. The molecule has 3 aromatic rings. The molecule has 2 heterocycles. The van der Waals surface area contributed by atoms with E-state index in [0.717, 1.165) is 11.1 Å². The number of β-amino-alcohol motifs (C(OH)–C–C–N with tert-alkyl or cyclic N) is 1. The van der Waals surface area contributed by atoms with E-state index < -0.39 is 6.10 Å². The number of hydrogen-bond donors (Lipinski definition) is 2. The molecule has 0 amide bonds. The van der Waals surface area contributed by atoms with Gasteiger partial charge in [0.1, 0.15) is 5.75 Å². The second-order valence-electron chi connectivity index (χ2n) is 6.29. The average Bonchev–Trinajstić information content (AvgIpc) is 3.24. The first-order chi connectivity index (χ1) is 12.2. The molecular weight excluding hydrogens is 318 g/mol. The third kappa shape index (κ3) is 3.26. The third-order valence-corrected chi connectivity index (χ3v) is 4.51. The van der Waals surface area contributed by atoms with E-state index in [1.807, 2.05) is 42.5 Å². The van der Waals surface area contributed by atoms with Gasteiger partial charge in [-0.15, -0.1) is 0 Å². The number of aromatic nitrogens is 2. The van der Waals surface area contributed by atoms with Crippen LogP contribution in [0.4, 0.5) is 0 Å². The summed E-state index contributed by atoms with van der Waals surface area (Å²) in [6.07, 6.45) is 0.0761. The quantitative estimate of drug-likeness (QED) is 0.762. The maximum Gasteiger partial charge on any atom is 0.244 e.